The van der Waals surface area contributed by atoms with E-state index >= 15 is 0 Å². The summed E-state index contributed by atoms with van der Waals surface area (Å²) in [6, 6.07) is 10.6. The molecular formula is C18H14BrN7O2. The molecule has 0 aliphatic heterocycles. The average molecular weight is 440 g/mol. The molecule has 0 unspecified atom stereocenters. The van der Waals surface area contributed by atoms with Crippen molar-refractivity contribution in [2.45, 2.75) is 6.54 Å². The molecule has 140 valence electrons. The lowest BCUT2D eigenvalue weighted by Crippen LogP contribution is -2.22. The summed E-state index contributed by atoms with van der Waals surface area (Å²) in [5, 5.41) is 10.9. The number of benzene rings is 1. The molecule has 0 fully saturated rings. The van der Waals surface area contributed by atoms with Crippen molar-refractivity contribution in [2.75, 3.05) is 5.73 Å². The minimum absolute atomic E-state index is 0.0940. The molecule has 0 aliphatic carbocycles. The van der Waals surface area contributed by atoms with Gasteiger partial charge in [0, 0.05) is 22.4 Å². The van der Waals surface area contributed by atoms with E-state index in [-0.39, 0.29) is 18.3 Å². The highest BCUT2D eigenvalue weighted by Gasteiger charge is 2.17. The molecule has 0 radical (unpaired) electrons. The van der Waals surface area contributed by atoms with Crippen LogP contribution in [0.4, 0.5) is 5.82 Å². The van der Waals surface area contributed by atoms with E-state index in [1.54, 1.807) is 53.6 Å². The molecule has 28 heavy (non-hydrogen) atoms. The van der Waals surface area contributed by atoms with E-state index in [1.165, 1.54) is 0 Å². The molecule has 1 aromatic carbocycles. The van der Waals surface area contributed by atoms with E-state index < -0.39 is 0 Å². The Bertz CT molecular complexity index is 1120. The third-order valence-electron chi connectivity index (χ3n) is 3.91. The molecule has 0 saturated heterocycles. The highest BCUT2D eigenvalue weighted by Crippen LogP contribution is 2.25. The van der Waals surface area contributed by atoms with Crippen LogP contribution in [-0.4, -0.2) is 30.8 Å². The fraction of sp³-hybridized carbons (Fsp3) is 0.0556. The summed E-state index contributed by atoms with van der Waals surface area (Å²) in [7, 11) is 0. The molecule has 4 rings (SSSR count). The van der Waals surface area contributed by atoms with Gasteiger partial charge >= 0.3 is 0 Å². The van der Waals surface area contributed by atoms with Gasteiger partial charge in [-0.15, -0.1) is 0 Å². The number of nitrogen functional groups attached to an aromatic ring is 1. The van der Waals surface area contributed by atoms with E-state index in [1.807, 2.05) is 6.07 Å². The van der Waals surface area contributed by atoms with Crippen LogP contribution in [-0.2, 0) is 6.54 Å². The molecule has 3 N–H and O–H groups in total. The van der Waals surface area contributed by atoms with Gasteiger partial charge in [0.1, 0.15) is 5.82 Å². The first-order valence-corrected chi connectivity index (χ1v) is 9.02. The maximum Gasteiger partial charge on any atom is 0.251 e. The van der Waals surface area contributed by atoms with Crippen molar-refractivity contribution in [1.82, 2.24) is 30.2 Å². The van der Waals surface area contributed by atoms with Crippen LogP contribution in [0.3, 0.4) is 0 Å². The van der Waals surface area contributed by atoms with Crippen LogP contribution < -0.4 is 11.1 Å². The van der Waals surface area contributed by atoms with Gasteiger partial charge in [-0.1, -0.05) is 27.2 Å². The maximum absolute atomic E-state index is 12.2. The summed E-state index contributed by atoms with van der Waals surface area (Å²) < 4.78 is 7.59. The van der Waals surface area contributed by atoms with E-state index in [2.05, 4.69) is 41.5 Å². The molecule has 1 amide bonds. The number of carbonyl (C=O) groups excluding carboxylic acids is 1. The Balaban J connectivity index is 1.48. The molecule has 0 aliphatic rings. The normalized spacial score (nSPS) is 10.8. The second-order valence-electron chi connectivity index (χ2n) is 5.77. The summed E-state index contributed by atoms with van der Waals surface area (Å²) >= 11 is 3.34. The van der Waals surface area contributed by atoms with Crippen molar-refractivity contribution in [3.63, 3.8) is 0 Å². The number of nitrogens with two attached hydrogens (primary N) is 1. The van der Waals surface area contributed by atoms with E-state index in [4.69, 9.17) is 10.3 Å². The molecule has 3 heterocycles. The van der Waals surface area contributed by atoms with Crippen LogP contribution in [0.15, 0.2) is 64.0 Å². The van der Waals surface area contributed by atoms with Crippen molar-refractivity contribution in [2.24, 2.45) is 0 Å². The minimum atomic E-state index is -0.244. The molecule has 0 atom stereocenters. The number of nitrogens with one attached hydrogen (secondary N) is 1. The molecule has 0 saturated carbocycles. The summed E-state index contributed by atoms with van der Waals surface area (Å²) in [6.45, 7) is 0.0940. The topological polar surface area (TPSA) is 125 Å². The molecule has 3 aromatic heterocycles. The fourth-order valence-electron chi connectivity index (χ4n) is 2.54. The molecular weight excluding hydrogens is 426 g/mol. The van der Waals surface area contributed by atoms with Crippen molar-refractivity contribution in [1.29, 1.82) is 0 Å². The number of halogens is 1. The average Bonchev–Trinajstić information content (AvgIpc) is 3.33. The van der Waals surface area contributed by atoms with Crippen LogP contribution in [0.5, 0.6) is 0 Å². The van der Waals surface area contributed by atoms with Gasteiger partial charge in [-0.05, 0) is 30.3 Å². The van der Waals surface area contributed by atoms with Gasteiger partial charge in [0.15, 0.2) is 0 Å². The van der Waals surface area contributed by atoms with Gasteiger partial charge in [0.25, 0.3) is 5.91 Å². The van der Waals surface area contributed by atoms with Crippen molar-refractivity contribution in [3.8, 4) is 17.1 Å². The number of hydrogen-bond donors (Lipinski definition) is 2. The van der Waals surface area contributed by atoms with Gasteiger partial charge in [0.2, 0.25) is 11.7 Å². The highest BCUT2D eigenvalue weighted by atomic mass is 79.9. The lowest BCUT2D eigenvalue weighted by molar-refractivity contribution is 0.0946. The van der Waals surface area contributed by atoms with Crippen molar-refractivity contribution >= 4 is 27.7 Å². The van der Waals surface area contributed by atoms with Crippen LogP contribution in [0.25, 0.3) is 17.1 Å². The minimum Gasteiger partial charge on any atom is -0.383 e. The lowest BCUT2D eigenvalue weighted by Gasteiger charge is -2.03. The third kappa shape index (κ3) is 3.62. The van der Waals surface area contributed by atoms with Crippen LogP contribution in [0, 0.1) is 0 Å². The molecule has 9 nitrogen and oxygen atoms in total. The molecule has 0 spiro atoms. The largest absolute Gasteiger partial charge is 0.383 e. The predicted octanol–water partition coefficient (Wildman–Crippen LogP) is 2.59. The maximum atomic E-state index is 12.2. The zero-order chi connectivity index (χ0) is 19.5. The molecule has 0 bridgehead atoms. The van der Waals surface area contributed by atoms with Crippen LogP contribution >= 0.6 is 15.9 Å². The zero-order valence-electron chi connectivity index (χ0n) is 14.4. The van der Waals surface area contributed by atoms with Gasteiger partial charge in [-0.25, -0.2) is 4.68 Å². The molecule has 10 heteroatoms. The van der Waals surface area contributed by atoms with E-state index in [9.17, 15) is 4.79 Å². The number of carbonyl (C=O) groups is 1. The first-order valence-electron chi connectivity index (χ1n) is 8.22. The first-order chi connectivity index (χ1) is 13.6. The smallest absolute Gasteiger partial charge is 0.251 e. The molecule has 4 aromatic rings. The summed E-state index contributed by atoms with van der Waals surface area (Å²) in [5.41, 5.74) is 8.00. The number of hydrogen-bond acceptors (Lipinski definition) is 7. The van der Waals surface area contributed by atoms with E-state index in [0.29, 0.717) is 22.8 Å². The zero-order valence-corrected chi connectivity index (χ0v) is 16.0. The Morgan fingerprint density at radius 3 is 2.86 bits per heavy atom. The van der Waals surface area contributed by atoms with Gasteiger partial charge in [-0.3, -0.25) is 9.78 Å². The Hall–Kier alpha value is -3.53. The second kappa shape index (κ2) is 7.61. The number of aromatic nitrogens is 5. The van der Waals surface area contributed by atoms with Crippen LogP contribution in [0.2, 0.25) is 0 Å². The summed E-state index contributed by atoms with van der Waals surface area (Å²) in [4.78, 5) is 20.5. The Kier molecular flexibility index (Phi) is 4.85. The van der Waals surface area contributed by atoms with Crippen LogP contribution in [0.1, 0.15) is 16.2 Å². The monoisotopic (exact) mass is 439 g/mol. The van der Waals surface area contributed by atoms with Gasteiger partial charge < -0.3 is 15.6 Å². The SMILES string of the molecule is Nc1c(-c2noc(CNC(=O)c3cccc(Br)c3)n2)cnn1-c1ccncc1. The Morgan fingerprint density at radius 1 is 1.25 bits per heavy atom. The number of pyridine rings is 1. The van der Waals surface area contributed by atoms with Crippen molar-refractivity contribution < 1.29 is 9.32 Å². The highest BCUT2D eigenvalue weighted by molar-refractivity contribution is 9.10. The first kappa shape index (κ1) is 17.9. The lowest BCUT2D eigenvalue weighted by atomic mass is 10.2. The fourth-order valence-corrected chi connectivity index (χ4v) is 2.94. The quantitative estimate of drug-likeness (QED) is 0.489. The van der Waals surface area contributed by atoms with Crippen molar-refractivity contribution in [3.05, 3.63) is 70.9 Å². The third-order valence-corrected chi connectivity index (χ3v) is 4.40. The Labute approximate surface area is 167 Å². The van der Waals surface area contributed by atoms with Gasteiger partial charge in [0.05, 0.1) is 24.0 Å². The Morgan fingerprint density at radius 2 is 2.07 bits per heavy atom. The standard InChI is InChI=1S/C18H14BrN7O2/c19-12-3-1-2-11(8-12)18(27)22-10-15-24-17(25-28-15)14-9-23-26(16(14)20)13-4-6-21-7-5-13/h1-9H,10,20H2,(H,22,27). The van der Waals surface area contributed by atoms with Gasteiger partial charge in [-0.2, -0.15) is 10.1 Å². The number of amides is 1. The van der Waals surface area contributed by atoms with E-state index in [0.717, 1.165) is 10.2 Å². The predicted molar refractivity (Wildman–Crippen MR) is 104 cm³/mol. The number of anilines is 1. The summed E-state index contributed by atoms with van der Waals surface area (Å²) in [5.74, 6) is 0.682. The number of rotatable bonds is 5. The number of nitrogens with zero attached hydrogens (tertiary/aromatic N) is 5. The second-order valence-corrected chi connectivity index (χ2v) is 6.68. The summed E-state index contributed by atoms with van der Waals surface area (Å²) in [6.07, 6.45) is 4.86.